The van der Waals surface area contributed by atoms with Crippen molar-refractivity contribution in [3.05, 3.63) is 141 Å². The van der Waals surface area contributed by atoms with Crippen molar-refractivity contribution < 1.29 is 27.8 Å². The van der Waals surface area contributed by atoms with E-state index in [1.54, 1.807) is 16.8 Å². The molecule has 0 aliphatic carbocycles. The predicted octanol–water partition coefficient (Wildman–Crippen LogP) is 7.65. The molecule has 276 valence electrons. The minimum absolute atomic E-state index is 0.0536. The van der Waals surface area contributed by atoms with E-state index in [4.69, 9.17) is 27.8 Å². The topological polar surface area (TPSA) is 128 Å². The zero-order chi connectivity index (χ0) is 37.1. The first-order valence-electron chi connectivity index (χ1n) is 18.1. The summed E-state index contributed by atoms with van der Waals surface area (Å²) in [5.74, 6) is 2.52. The van der Waals surface area contributed by atoms with Crippen LogP contribution in [0.5, 0.6) is 11.5 Å². The van der Waals surface area contributed by atoms with Crippen molar-refractivity contribution in [2.24, 2.45) is 0 Å². The number of aryl methyl sites for hydroxylation is 2. The molecule has 0 radical (unpaired) electrons. The van der Waals surface area contributed by atoms with E-state index in [9.17, 15) is 9.59 Å². The second-order valence-corrected chi connectivity index (χ2v) is 12.8. The summed E-state index contributed by atoms with van der Waals surface area (Å²) >= 11 is 0. The van der Waals surface area contributed by atoms with Crippen molar-refractivity contribution >= 4 is 21.9 Å². The molecule has 0 amide bonds. The number of rotatable bonds is 18. The lowest BCUT2D eigenvalue weighted by molar-refractivity contribution is 0.0333. The van der Waals surface area contributed by atoms with Gasteiger partial charge in [0.05, 0.1) is 56.0 Å². The van der Waals surface area contributed by atoms with E-state index in [0.29, 0.717) is 85.4 Å². The van der Waals surface area contributed by atoms with E-state index in [2.05, 4.69) is 10.3 Å². The average Bonchev–Trinajstić information content (AvgIpc) is 3.65. The van der Waals surface area contributed by atoms with Crippen LogP contribution in [-0.4, -0.2) is 54.6 Å². The Balaban J connectivity index is 0.723. The third-order valence-electron chi connectivity index (χ3n) is 8.81. The normalized spacial score (nSPS) is 11.4. The van der Waals surface area contributed by atoms with Gasteiger partial charge in [0.1, 0.15) is 40.8 Å². The fourth-order valence-electron chi connectivity index (χ4n) is 5.95. The van der Waals surface area contributed by atoms with Gasteiger partial charge < -0.3 is 27.8 Å². The van der Waals surface area contributed by atoms with Gasteiger partial charge in [0.15, 0.2) is 10.9 Å². The summed E-state index contributed by atoms with van der Waals surface area (Å²) in [6.45, 7) is 5.41. The lowest BCUT2D eigenvalue weighted by atomic mass is 10.1. The molecule has 0 unspecified atom stereocenters. The number of para-hydroxylation sites is 1. The van der Waals surface area contributed by atoms with Crippen molar-refractivity contribution in [3.63, 3.8) is 0 Å². The molecule has 7 rings (SSSR count). The maximum Gasteiger partial charge on any atom is 0.193 e. The summed E-state index contributed by atoms with van der Waals surface area (Å²) in [5, 5.41) is 9.64. The van der Waals surface area contributed by atoms with Gasteiger partial charge >= 0.3 is 0 Å². The van der Waals surface area contributed by atoms with Gasteiger partial charge in [-0.15, -0.1) is 5.10 Å². The third kappa shape index (κ3) is 9.49. The molecule has 4 aromatic carbocycles. The molecule has 7 aromatic rings. The van der Waals surface area contributed by atoms with Gasteiger partial charge in [-0.2, -0.15) is 0 Å². The van der Waals surface area contributed by atoms with Crippen LogP contribution in [0.25, 0.3) is 44.6 Å². The molecule has 0 saturated heterocycles. The molecule has 0 saturated carbocycles. The lowest BCUT2D eigenvalue weighted by Crippen LogP contribution is -2.13. The molecule has 0 atom stereocenters. The number of hydrogen-bond donors (Lipinski definition) is 0. The van der Waals surface area contributed by atoms with Gasteiger partial charge in [-0.25, -0.2) is 4.68 Å². The van der Waals surface area contributed by atoms with E-state index >= 15 is 0 Å². The van der Waals surface area contributed by atoms with Crippen LogP contribution in [0.2, 0.25) is 0 Å². The highest BCUT2D eigenvalue weighted by atomic mass is 16.5. The Morgan fingerprint density at radius 2 is 1.22 bits per heavy atom. The zero-order valence-electron chi connectivity index (χ0n) is 30.1. The minimum Gasteiger partial charge on any atom is -0.494 e. The van der Waals surface area contributed by atoms with Crippen molar-refractivity contribution in [1.82, 2.24) is 15.0 Å². The fourth-order valence-corrected chi connectivity index (χ4v) is 5.95. The second kappa shape index (κ2) is 17.7. The second-order valence-electron chi connectivity index (χ2n) is 12.8. The van der Waals surface area contributed by atoms with Gasteiger partial charge in [-0.1, -0.05) is 29.0 Å². The van der Waals surface area contributed by atoms with Gasteiger partial charge in [0.2, 0.25) is 0 Å². The molecule has 0 aliphatic rings. The third-order valence-corrected chi connectivity index (χ3v) is 8.81. The number of ether oxygens (including phenoxy) is 4. The van der Waals surface area contributed by atoms with E-state index in [-0.39, 0.29) is 10.9 Å². The van der Waals surface area contributed by atoms with Gasteiger partial charge in [-0.3, -0.25) is 9.59 Å². The van der Waals surface area contributed by atoms with Crippen molar-refractivity contribution in [1.29, 1.82) is 0 Å². The maximum atomic E-state index is 12.6. The van der Waals surface area contributed by atoms with E-state index in [0.717, 1.165) is 47.4 Å². The SMILES string of the molecule is Cc1ccc2oc(-c3ccc(OCCCCc4cn(CCOCCOCCOc5ccc(-c6cc(=O)c7ccccc7o6)cc5)nn4)cc3)cc(=O)c2c1. The monoisotopic (exact) mass is 727 g/mol. The summed E-state index contributed by atoms with van der Waals surface area (Å²) in [5.41, 5.74) is 4.60. The summed E-state index contributed by atoms with van der Waals surface area (Å²) in [6.07, 6.45) is 4.56. The highest BCUT2D eigenvalue weighted by Crippen LogP contribution is 2.26. The molecule has 0 bridgehead atoms. The van der Waals surface area contributed by atoms with Crippen LogP contribution in [-0.2, 0) is 22.4 Å². The van der Waals surface area contributed by atoms with Crippen LogP contribution < -0.4 is 20.3 Å². The Labute approximate surface area is 311 Å². The summed E-state index contributed by atoms with van der Waals surface area (Å²) in [6, 6.07) is 30.9. The number of aromatic nitrogens is 3. The van der Waals surface area contributed by atoms with Crippen LogP contribution in [0.15, 0.2) is 128 Å². The lowest BCUT2D eigenvalue weighted by Gasteiger charge is -2.09. The first-order chi connectivity index (χ1) is 26.5. The molecule has 3 aromatic heterocycles. The van der Waals surface area contributed by atoms with Gasteiger partial charge in [0, 0.05) is 29.5 Å². The molecule has 0 N–H and O–H groups in total. The van der Waals surface area contributed by atoms with Gasteiger partial charge in [0.25, 0.3) is 0 Å². The Morgan fingerprint density at radius 1 is 0.611 bits per heavy atom. The minimum atomic E-state index is -0.0701. The highest BCUT2D eigenvalue weighted by Gasteiger charge is 2.09. The largest absolute Gasteiger partial charge is 0.494 e. The Bertz CT molecular complexity index is 2420. The first-order valence-corrected chi connectivity index (χ1v) is 18.1. The maximum absolute atomic E-state index is 12.6. The van der Waals surface area contributed by atoms with Crippen molar-refractivity contribution in [2.45, 2.75) is 32.7 Å². The summed E-state index contributed by atoms with van der Waals surface area (Å²) in [4.78, 5) is 25.0. The van der Waals surface area contributed by atoms with Crippen molar-refractivity contribution in [2.75, 3.05) is 39.6 Å². The molecule has 54 heavy (non-hydrogen) atoms. The smallest absolute Gasteiger partial charge is 0.193 e. The molecule has 11 heteroatoms. The van der Waals surface area contributed by atoms with Crippen LogP contribution >= 0.6 is 0 Å². The van der Waals surface area contributed by atoms with E-state index in [1.165, 1.54) is 12.1 Å². The molecular weight excluding hydrogens is 686 g/mol. The number of benzene rings is 4. The standard InChI is InChI=1S/C43H41N3O8/c1-30-9-18-41-37(26-30)39(48)28-43(54-41)32-10-14-34(15-11-32)51-20-5-4-6-33-29-46(45-44-33)19-21-49-22-23-50-24-25-52-35-16-12-31(13-17-35)42-27-38(47)36-7-2-3-8-40(36)53-42/h2-3,7-18,26-29H,4-6,19-25H2,1H3. The number of nitrogens with zero attached hydrogens (tertiary/aromatic N) is 3. The number of fused-ring (bicyclic) bond motifs is 2. The fraction of sp³-hybridized carbons (Fsp3) is 0.256. The van der Waals surface area contributed by atoms with Crippen LogP contribution in [0.4, 0.5) is 0 Å². The predicted molar refractivity (Wildman–Crippen MR) is 206 cm³/mol. The number of hydrogen-bond acceptors (Lipinski definition) is 10. The van der Waals surface area contributed by atoms with Crippen LogP contribution in [0.1, 0.15) is 24.1 Å². The molecular formula is C43H41N3O8. The Kier molecular flexibility index (Phi) is 11.9. The molecule has 3 heterocycles. The number of unbranched alkanes of at least 4 members (excludes halogenated alkanes) is 1. The van der Waals surface area contributed by atoms with Crippen LogP contribution in [0, 0.1) is 6.92 Å². The zero-order valence-corrected chi connectivity index (χ0v) is 30.1. The Hall–Kier alpha value is -6.04. The Morgan fingerprint density at radius 3 is 1.94 bits per heavy atom. The highest BCUT2D eigenvalue weighted by molar-refractivity contribution is 5.80. The molecule has 0 spiro atoms. The molecule has 0 aliphatic heterocycles. The average molecular weight is 728 g/mol. The quantitative estimate of drug-likeness (QED) is 0.0814. The van der Waals surface area contributed by atoms with E-state index < -0.39 is 0 Å². The van der Waals surface area contributed by atoms with E-state index in [1.807, 2.05) is 92.0 Å². The summed E-state index contributed by atoms with van der Waals surface area (Å²) in [7, 11) is 0. The molecule has 11 nitrogen and oxygen atoms in total. The van der Waals surface area contributed by atoms with Crippen molar-refractivity contribution in [3.8, 4) is 34.1 Å². The summed E-state index contributed by atoms with van der Waals surface area (Å²) < 4.78 is 36.7. The molecule has 0 fully saturated rings. The van der Waals surface area contributed by atoms with Gasteiger partial charge in [-0.05, 0) is 99.0 Å². The van der Waals surface area contributed by atoms with Crippen LogP contribution in [0.3, 0.4) is 0 Å². The first kappa shape index (κ1) is 36.3.